The van der Waals surface area contributed by atoms with Gasteiger partial charge in [0.1, 0.15) is 12.7 Å². The zero-order valence-electron chi connectivity index (χ0n) is 42.7. The molecule has 3 unspecified atom stereocenters. The number of esters is 3. The predicted molar refractivity (Wildman–Crippen MR) is 270 cm³/mol. The van der Waals surface area contributed by atoms with Crippen LogP contribution in [0, 0.1) is 0 Å². The molecular weight excluding hydrogens is 856 g/mol. The molecule has 0 saturated carbocycles. The highest BCUT2D eigenvalue weighted by atomic mass is 31.2. The van der Waals surface area contributed by atoms with E-state index in [1.54, 1.807) is 0 Å². The smallest absolute Gasteiger partial charge is 0.462 e. The van der Waals surface area contributed by atoms with E-state index in [0.717, 1.165) is 96.3 Å². The Morgan fingerprint density at radius 3 is 1.11 bits per heavy atom. The maximum absolute atomic E-state index is 12.8. The lowest BCUT2D eigenvalue weighted by Crippen LogP contribution is -2.30. The fraction of sp³-hybridized carbons (Fsp3) is 0.870. The number of ether oxygens (including phenoxy) is 3. The average molecular weight is 957 g/mol. The van der Waals surface area contributed by atoms with Crippen LogP contribution in [0.15, 0.2) is 24.3 Å². The number of phosphoric ester groups is 1. The first kappa shape index (κ1) is 64.0. The number of allylic oxidation sites excluding steroid dienone is 4. The van der Waals surface area contributed by atoms with Gasteiger partial charge in [-0.2, -0.15) is 0 Å². The summed E-state index contributed by atoms with van der Waals surface area (Å²) in [5.41, 5.74) is 0. The maximum Gasteiger partial charge on any atom is 0.472 e. The van der Waals surface area contributed by atoms with Crippen LogP contribution in [0.3, 0.4) is 0 Å². The van der Waals surface area contributed by atoms with Crippen molar-refractivity contribution in [3.63, 3.8) is 0 Å². The van der Waals surface area contributed by atoms with Crippen LogP contribution in [0.2, 0.25) is 0 Å². The molecule has 2 N–H and O–H groups in total. The van der Waals surface area contributed by atoms with E-state index in [-0.39, 0.29) is 25.9 Å². The highest BCUT2D eigenvalue weighted by Gasteiger charge is 2.28. The number of aliphatic hydroxyl groups excluding tert-OH is 1. The van der Waals surface area contributed by atoms with Crippen LogP contribution >= 0.6 is 7.82 Å². The van der Waals surface area contributed by atoms with E-state index in [2.05, 4.69) is 45.1 Å². The Bertz CT molecular complexity index is 1210. The molecule has 0 aromatic carbocycles. The number of unbranched alkanes of at least 4 members (excludes halogenated alkanes) is 30. The molecule has 11 nitrogen and oxygen atoms in total. The number of aliphatic hydroxyl groups is 1. The standard InChI is InChI=1S/C54H101O11P/c1-4-7-10-13-16-19-22-24-25-27-29-31-34-37-40-43-52(56)61-47-51(65-54(58)45-42-39-36-33-30-26-23-20-17-14-11-8-5-2)49-63-66(59,60)62-48-50(46-55)64-53(57)44-41-38-35-32-28-21-18-15-12-9-6-3/h15,18,20,23,50-51,55H,4-14,16-17,19,21-22,24-49H2,1-3H3,(H,59,60)/b18-15-,23-20-. The molecule has 3 atom stereocenters. The summed E-state index contributed by atoms with van der Waals surface area (Å²) in [5.74, 6) is -1.47. The summed E-state index contributed by atoms with van der Waals surface area (Å²) in [5, 5.41) is 9.76. The Morgan fingerprint density at radius 1 is 0.409 bits per heavy atom. The van der Waals surface area contributed by atoms with E-state index < -0.39 is 57.8 Å². The van der Waals surface area contributed by atoms with Crippen molar-refractivity contribution in [3.8, 4) is 0 Å². The van der Waals surface area contributed by atoms with E-state index in [0.29, 0.717) is 19.3 Å². The second-order valence-electron chi connectivity index (χ2n) is 18.4. The summed E-state index contributed by atoms with van der Waals surface area (Å²) >= 11 is 0. The molecule has 0 saturated heterocycles. The van der Waals surface area contributed by atoms with Gasteiger partial charge in [-0.15, -0.1) is 0 Å². The molecule has 0 radical (unpaired) electrons. The molecule has 0 amide bonds. The molecular formula is C54H101O11P. The Kier molecular flexibility index (Phi) is 47.9. The minimum Gasteiger partial charge on any atom is -0.462 e. The van der Waals surface area contributed by atoms with Crippen molar-refractivity contribution in [2.24, 2.45) is 0 Å². The van der Waals surface area contributed by atoms with Gasteiger partial charge in [0.15, 0.2) is 6.10 Å². The summed E-state index contributed by atoms with van der Waals surface area (Å²) in [6.45, 7) is 4.59. The molecule has 0 aliphatic rings. The van der Waals surface area contributed by atoms with E-state index in [9.17, 15) is 28.9 Å². The largest absolute Gasteiger partial charge is 0.472 e. The molecule has 0 heterocycles. The summed E-state index contributed by atoms with van der Waals surface area (Å²) in [6.07, 6.45) is 47.1. The van der Waals surface area contributed by atoms with Crippen LogP contribution in [-0.4, -0.2) is 66.5 Å². The zero-order valence-corrected chi connectivity index (χ0v) is 43.6. The summed E-state index contributed by atoms with van der Waals surface area (Å²) in [7, 11) is -4.74. The first-order valence-corrected chi connectivity index (χ1v) is 28.7. The Balaban J connectivity index is 4.71. The third-order valence-electron chi connectivity index (χ3n) is 11.8. The first-order valence-electron chi connectivity index (χ1n) is 27.2. The Morgan fingerprint density at radius 2 is 0.712 bits per heavy atom. The molecule has 0 spiro atoms. The fourth-order valence-corrected chi connectivity index (χ4v) is 8.41. The number of hydrogen-bond acceptors (Lipinski definition) is 10. The van der Waals surface area contributed by atoms with Crippen molar-refractivity contribution in [1.82, 2.24) is 0 Å². The monoisotopic (exact) mass is 957 g/mol. The fourth-order valence-electron chi connectivity index (χ4n) is 7.63. The van der Waals surface area contributed by atoms with Gasteiger partial charge < -0.3 is 24.2 Å². The summed E-state index contributed by atoms with van der Waals surface area (Å²) < 4.78 is 39.4. The second-order valence-corrected chi connectivity index (χ2v) is 19.8. The van der Waals surface area contributed by atoms with Crippen molar-refractivity contribution in [1.29, 1.82) is 0 Å². The minimum atomic E-state index is -4.74. The van der Waals surface area contributed by atoms with E-state index in [1.807, 2.05) is 0 Å². The second kappa shape index (κ2) is 49.4. The van der Waals surface area contributed by atoms with Crippen LogP contribution in [0.5, 0.6) is 0 Å². The van der Waals surface area contributed by atoms with Gasteiger partial charge >= 0.3 is 25.7 Å². The van der Waals surface area contributed by atoms with Gasteiger partial charge in [-0.05, 0) is 64.2 Å². The number of carbonyl (C=O) groups excluding carboxylic acids is 3. The maximum atomic E-state index is 12.8. The summed E-state index contributed by atoms with van der Waals surface area (Å²) in [6, 6.07) is 0. The third kappa shape index (κ3) is 47.0. The molecule has 0 aromatic heterocycles. The van der Waals surface area contributed by atoms with Gasteiger partial charge in [-0.3, -0.25) is 23.4 Å². The number of rotatable bonds is 51. The molecule has 0 aliphatic heterocycles. The van der Waals surface area contributed by atoms with Crippen LogP contribution < -0.4 is 0 Å². The van der Waals surface area contributed by atoms with Crippen molar-refractivity contribution in [2.45, 2.75) is 277 Å². The van der Waals surface area contributed by atoms with E-state index >= 15 is 0 Å². The zero-order chi connectivity index (χ0) is 48.4. The number of carbonyl (C=O) groups is 3. The van der Waals surface area contributed by atoms with Gasteiger partial charge in [0, 0.05) is 19.3 Å². The highest BCUT2D eigenvalue weighted by Crippen LogP contribution is 2.43. The lowest BCUT2D eigenvalue weighted by Gasteiger charge is -2.21. The lowest BCUT2D eigenvalue weighted by molar-refractivity contribution is -0.161. The van der Waals surface area contributed by atoms with Gasteiger partial charge in [0.05, 0.1) is 19.8 Å². The summed E-state index contributed by atoms with van der Waals surface area (Å²) in [4.78, 5) is 48.3. The minimum absolute atomic E-state index is 0.162. The Hall–Kier alpha value is -2.04. The predicted octanol–water partition coefficient (Wildman–Crippen LogP) is 15.5. The Labute approximate surface area is 404 Å². The first-order chi connectivity index (χ1) is 32.2. The molecule has 0 aliphatic carbocycles. The molecule has 12 heteroatoms. The van der Waals surface area contributed by atoms with E-state index in [1.165, 1.54) is 109 Å². The normalized spacial score (nSPS) is 13.6. The van der Waals surface area contributed by atoms with Gasteiger partial charge in [0.25, 0.3) is 0 Å². The highest BCUT2D eigenvalue weighted by molar-refractivity contribution is 7.47. The number of phosphoric acid groups is 1. The van der Waals surface area contributed by atoms with Crippen molar-refractivity contribution in [3.05, 3.63) is 24.3 Å². The van der Waals surface area contributed by atoms with Crippen LogP contribution in [0.4, 0.5) is 0 Å². The van der Waals surface area contributed by atoms with Crippen LogP contribution in [-0.2, 0) is 42.2 Å². The lowest BCUT2D eigenvalue weighted by atomic mass is 10.0. The molecule has 388 valence electrons. The SMILES string of the molecule is CCCC/C=C\CCCCCCCC(=O)OC(CO)COP(=O)(O)OCC(COC(=O)CCCCCCCCCCCCCCCCC)OC(=O)CCCCCCC/C=C\CCCCCC. The molecule has 0 bridgehead atoms. The molecule has 0 fully saturated rings. The van der Waals surface area contributed by atoms with Crippen molar-refractivity contribution in [2.75, 3.05) is 26.4 Å². The van der Waals surface area contributed by atoms with Gasteiger partial charge in [0.2, 0.25) is 0 Å². The third-order valence-corrected chi connectivity index (χ3v) is 12.8. The van der Waals surface area contributed by atoms with Crippen LogP contribution in [0.1, 0.15) is 265 Å². The van der Waals surface area contributed by atoms with Gasteiger partial charge in [-0.1, -0.05) is 206 Å². The van der Waals surface area contributed by atoms with Gasteiger partial charge in [-0.25, -0.2) is 4.57 Å². The number of hydrogen-bond donors (Lipinski definition) is 2. The quantitative estimate of drug-likeness (QED) is 0.0197. The van der Waals surface area contributed by atoms with Crippen molar-refractivity contribution >= 4 is 25.7 Å². The molecule has 0 rings (SSSR count). The van der Waals surface area contributed by atoms with E-state index in [4.69, 9.17) is 23.3 Å². The van der Waals surface area contributed by atoms with Crippen LogP contribution in [0.25, 0.3) is 0 Å². The molecule has 66 heavy (non-hydrogen) atoms. The average Bonchev–Trinajstić information content (AvgIpc) is 3.30. The van der Waals surface area contributed by atoms with Crippen molar-refractivity contribution < 1.29 is 52.2 Å². The topological polar surface area (TPSA) is 155 Å². The molecule has 0 aromatic rings.